The molecule has 0 saturated heterocycles. The fourth-order valence-electron chi connectivity index (χ4n) is 2.26. The van der Waals surface area contributed by atoms with Crippen molar-refractivity contribution in [1.82, 2.24) is 5.32 Å². The molecule has 3 atom stereocenters. The van der Waals surface area contributed by atoms with Crippen LogP contribution in [0.2, 0.25) is 0 Å². The largest absolute Gasteiger partial charge is 0.468 e. The fraction of sp³-hybridized carbons (Fsp3) is 0.917. The van der Waals surface area contributed by atoms with E-state index in [0.29, 0.717) is 12.8 Å². The first-order valence-electron chi connectivity index (χ1n) is 6.34. The molecule has 0 amide bonds. The maximum atomic E-state index is 12.1. The van der Waals surface area contributed by atoms with Gasteiger partial charge < -0.3 is 14.8 Å². The van der Waals surface area contributed by atoms with E-state index in [0.717, 1.165) is 12.8 Å². The summed E-state index contributed by atoms with van der Waals surface area (Å²) in [5, 5.41) is 3.06. The highest BCUT2D eigenvalue weighted by Crippen LogP contribution is 2.24. The molecule has 4 nitrogen and oxygen atoms in total. The molecular formula is C12H20F3NO3. The predicted octanol–water partition coefficient (Wildman–Crippen LogP) is 2.03. The van der Waals surface area contributed by atoms with Gasteiger partial charge >= 0.3 is 12.1 Å². The minimum Gasteiger partial charge on any atom is -0.468 e. The van der Waals surface area contributed by atoms with Crippen LogP contribution >= 0.6 is 0 Å². The van der Waals surface area contributed by atoms with Crippen LogP contribution in [0.4, 0.5) is 13.2 Å². The van der Waals surface area contributed by atoms with E-state index in [9.17, 15) is 18.0 Å². The molecule has 112 valence electrons. The van der Waals surface area contributed by atoms with Gasteiger partial charge in [-0.3, -0.25) is 4.79 Å². The van der Waals surface area contributed by atoms with Gasteiger partial charge in [-0.05, 0) is 32.6 Å². The Hall–Kier alpha value is -0.820. The molecule has 1 N–H and O–H groups in total. The second-order valence-corrected chi connectivity index (χ2v) is 4.82. The van der Waals surface area contributed by atoms with Crippen molar-refractivity contribution < 1.29 is 27.4 Å². The molecule has 0 aromatic rings. The summed E-state index contributed by atoms with van der Waals surface area (Å²) in [6.45, 7) is 0.461. The number of carbonyl (C=O) groups excluding carboxylic acids is 1. The second kappa shape index (κ2) is 7.09. The lowest BCUT2D eigenvalue weighted by Crippen LogP contribution is -2.45. The molecule has 1 saturated carbocycles. The highest BCUT2D eigenvalue weighted by atomic mass is 19.4. The number of methoxy groups -OCH3 is 1. The van der Waals surface area contributed by atoms with Crippen LogP contribution in [-0.2, 0) is 14.3 Å². The lowest BCUT2D eigenvalue weighted by molar-refractivity contribution is -0.188. The number of carbonyl (C=O) groups is 1. The molecule has 1 aliphatic rings. The van der Waals surface area contributed by atoms with Gasteiger partial charge in [-0.25, -0.2) is 0 Å². The molecule has 0 heterocycles. The van der Waals surface area contributed by atoms with E-state index in [1.165, 1.54) is 7.11 Å². The minimum atomic E-state index is -4.29. The maximum absolute atomic E-state index is 12.1. The summed E-state index contributed by atoms with van der Waals surface area (Å²) >= 11 is 0. The Kier molecular flexibility index (Phi) is 6.06. The molecular weight excluding hydrogens is 263 g/mol. The minimum absolute atomic E-state index is 0.0129. The summed E-state index contributed by atoms with van der Waals surface area (Å²) < 4.78 is 45.7. The van der Waals surface area contributed by atoms with Crippen molar-refractivity contribution in [1.29, 1.82) is 0 Å². The zero-order valence-corrected chi connectivity index (χ0v) is 11.1. The standard InChI is InChI=1S/C12H20F3NO3/c1-8(11(17)18-2)16-9-4-3-5-10(6-9)19-7-12(13,14)15/h8-10,16H,3-7H2,1-2H3. The molecule has 0 aromatic heterocycles. The van der Waals surface area contributed by atoms with Crippen LogP contribution in [0.15, 0.2) is 0 Å². The zero-order valence-electron chi connectivity index (χ0n) is 11.1. The van der Waals surface area contributed by atoms with E-state index < -0.39 is 24.9 Å². The third-order valence-corrected chi connectivity index (χ3v) is 3.15. The van der Waals surface area contributed by atoms with Crippen LogP contribution in [0, 0.1) is 0 Å². The molecule has 0 aliphatic heterocycles. The summed E-state index contributed by atoms with van der Waals surface area (Å²) in [5.74, 6) is -0.377. The highest BCUT2D eigenvalue weighted by molar-refractivity contribution is 5.75. The summed E-state index contributed by atoms with van der Waals surface area (Å²) in [5.41, 5.74) is 0. The van der Waals surface area contributed by atoms with Crippen LogP contribution in [-0.4, -0.2) is 44.0 Å². The fourth-order valence-corrected chi connectivity index (χ4v) is 2.26. The van der Waals surface area contributed by atoms with Crippen molar-refractivity contribution >= 4 is 5.97 Å². The summed E-state index contributed by atoms with van der Waals surface area (Å²) in [4.78, 5) is 11.3. The van der Waals surface area contributed by atoms with Gasteiger partial charge in [0, 0.05) is 6.04 Å². The third kappa shape index (κ3) is 6.24. The molecule has 3 unspecified atom stereocenters. The Morgan fingerprint density at radius 2 is 2.11 bits per heavy atom. The molecule has 0 bridgehead atoms. The Morgan fingerprint density at radius 1 is 1.42 bits per heavy atom. The number of ether oxygens (including phenoxy) is 2. The van der Waals surface area contributed by atoms with E-state index >= 15 is 0 Å². The van der Waals surface area contributed by atoms with Crippen molar-refractivity contribution in [3.63, 3.8) is 0 Å². The van der Waals surface area contributed by atoms with Gasteiger partial charge in [0.15, 0.2) is 0 Å². The van der Waals surface area contributed by atoms with Gasteiger partial charge in [0.25, 0.3) is 0 Å². The van der Waals surface area contributed by atoms with Crippen molar-refractivity contribution in [2.45, 2.75) is 57.0 Å². The van der Waals surface area contributed by atoms with Crippen LogP contribution in [0.1, 0.15) is 32.6 Å². The number of alkyl halides is 3. The highest BCUT2D eigenvalue weighted by Gasteiger charge is 2.31. The van der Waals surface area contributed by atoms with Crippen molar-refractivity contribution in [3.8, 4) is 0 Å². The average Bonchev–Trinajstić information content (AvgIpc) is 2.35. The number of nitrogens with one attached hydrogen (secondary N) is 1. The van der Waals surface area contributed by atoms with Crippen LogP contribution < -0.4 is 5.32 Å². The number of esters is 1. The van der Waals surface area contributed by atoms with Gasteiger partial charge in [0.05, 0.1) is 13.2 Å². The average molecular weight is 283 g/mol. The molecule has 7 heteroatoms. The maximum Gasteiger partial charge on any atom is 0.411 e. The van der Waals surface area contributed by atoms with Gasteiger partial charge in [-0.2, -0.15) is 13.2 Å². The number of halogens is 3. The van der Waals surface area contributed by atoms with Gasteiger partial charge in [-0.15, -0.1) is 0 Å². The Labute approximate surface area is 110 Å². The first kappa shape index (κ1) is 16.2. The van der Waals surface area contributed by atoms with E-state index in [-0.39, 0.29) is 12.0 Å². The summed E-state index contributed by atoms with van der Waals surface area (Å²) in [7, 11) is 1.30. The third-order valence-electron chi connectivity index (χ3n) is 3.15. The van der Waals surface area contributed by atoms with Crippen LogP contribution in [0.3, 0.4) is 0 Å². The quantitative estimate of drug-likeness (QED) is 0.784. The molecule has 0 spiro atoms. The SMILES string of the molecule is COC(=O)C(C)NC1CCCC(OCC(F)(F)F)C1. The normalized spacial score (nSPS) is 25.9. The first-order valence-corrected chi connectivity index (χ1v) is 6.34. The van der Waals surface area contributed by atoms with E-state index in [4.69, 9.17) is 4.74 Å². The summed E-state index contributed by atoms with van der Waals surface area (Å²) in [6.07, 6.45) is -1.98. The number of hydrogen-bond acceptors (Lipinski definition) is 4. The molecule has 0 radical (unpaired) electrons. The monoisotopic (exact) mass is 283 g/mol. The molecule has 1 aliphatic carbocycles. The number of hydrogen-bond donors (Lipinski definition) is 1. The van der Waals surface area contributed by atoms with E-state index in [1.54, 1.807) is 6.92 Å². The Morgan fingerprint density at radius 3 is 2.68 bits per heavy atom. The molecule has 1 fully saturated rings. The van der Waals surface area contributed by atoms with Gasteiger partial charge in [-0.1, -0.05) is 0 Å². The lowest BCUT2D eigenvalue weighted by Gasteiger charge is -2.31. The van der Waals surface area contributed by atoms with Crippen molar-refractivity contribution in [2.24, 2.45) is 0 Å². The van der Waals surface area contributed by atoms with Crippen molar-refractivity contribution in [2.75, 3.05) is 13.7 Å². The Bertz CT molecular complexity index is 296. The molecule has 1 rings (SSSR count). The van der Waals surface area contributed by atoms with E-state index in [2.05, 4.69) is 10.1 Å². The van der Waals surface area contributed by atoms with Crippen molar-refractivity contribution in [3.05, 3.63) is 0 Å². The topological polar surface area (TPSA) is 47.6 Å². The van der Waals surface area contributed by atoms with Crippen LogP contribution in [0.25, 0.3) is 0 Å². The number of rotatable bonds is 5. The van der Waals surface area contributed by atoms with Crippen LogP contribution in [0.5, 0.6) is 0 Å². The zero-order chi connectivity index (χ0) is 14.5. The van der Waals surface area contributed by atoms with Gasteiger partial charge in [0.1, 0.15) is 12.6 Å². The lowest BCUT2D eigenvalue weighted by atomic mass is 9.92. The predicted molar refractivity (Wildman–Crippen MR) is 62.7 cm³/mol. The second-order valence-electron chi connectivity index (χ2n) is 4.82. The summed E-state index contributed by atoms with van der Waals surface area (Å²) in [6, 6.07) is -0.475. The Balaban J connectivity index is 2.35. The smallest absolute Gasteiger partial charge is 0.411 e. The first-order chi connectivity index (χ1) is 8.81. The van der Waals surface area contributed by atoms with E-state index in [1.807, 2.05) is 0 Å². The van der Waals surface area contributed by atoms with Gasteiger partial charge in [0.2, 0.25) is 0 Å². The molecule has 19 heavy (non-hydrogen) atoms. The molecule has 0 aromatic carbocycles.